The Labute approximate surface area is 107 Å². The summed E-state index contributed by atoms with van der Waals surface area (Å²) in [5, 5.41) is 7.41. The maximum Gasteiger partial charge on any atom is 0.156 e. The summed E-state index contributed by atoms with van der Waals surface area (Å²) in [6.07, 6.45) is 0.556. The van der Waals surface area contributed by atoms with Gasteiger partial charge in [0.2, 0.25) is 0 Å². The van der Waals surface area contributed by atoms with Gasteiger partial charge < -0.3 is 5.32 Å². The Bertz CT molecular complexity index is 367. The van der Waals surface area contributed by atoms with Gasteiger partial charge in [0.1, 0.15) is 0 Å². The molecule has 1 N–H and O–H groups in total. The van der Waals surface area contributed by atoms with E-state index in [-0.39, 0.29) is 5.54 Å². The van der Waals surface area contributed by atoms with Crippen molar-refractivity contribution in [1.82, 2.24) is 10.2 Å². The first-order valence-electron chi connectivity index (χ1n) is 6.11. The first kappa shape index (κ1) is 12.7. The number of carbonyl (C=O) groups excluding carboxylic acids is 1. The van der Waals surface area contributed by atoms with Gasteiger partial charge in [0.05, 0.1) is 5.54 Å². The van der Waals surface area contributed by atoms with E-state index in [0.717, 1.165) is 31.7 Å². The Morgan fingerprint density at radius 3 is 2.76 bits per heavy atom. The van der Waals surface area contributed by atoms with Crippen molar-refractivity contribution in [2.24, 2.45) is 0 Å². The van der Waals surface area contributed by atoms with Gasteiger partial charge in [-0.25, -0.2) is 0 Å². The van der Waals surface area contributed by atoms with Gasteiger partial charge in [-0.05, 0) is 36.2 Å². The van der Waals surface area contributed by atoms with Crippen LogP contribution in [-0.2, 0) is 11.2 Å². The third kappa shape index (κ3) is 2.94. The molecule has 17 heavy (non-hydrogen) atoms. The molecular weight excluding hydrogens is 232 g/mol. The number of piperazine rings is 1. The maximum atomic E-state index is 12.4. The molecule has 1 aliphatic rings. The Morgan fingerprint density at radius 1 is 1.47 bits per heavy atom. The van der Waals surface area contributed by atoms with Crippen LogP contribution in [-0.4, -0.2) is 42.4 Å². The Hall–Kier alpha value is -0.710. The number of nitrogens with zero attached hydrogens (tertiary/aromatic N) is 1. The molecule has 94 valence electrons. The first-order valence-corrected chi connectivity index (χ1v) is 7.05. The summed E-state index contributed by atoms with van der Waals surface area (Å²) < 4.78 is 0. The van der Waals surface area contributed by atoms with Crippen LogP contribution in [0.3, 0.4) is 0 Å². The topological polar surface area (TPSA) is 32.3 Å². The van der Waals surface area contributed by atoms with Gasteiger partial charge in [-0.15, -0.1) is 0 Å². The van der Waals surface area contributed by atoms with Crippen molar-refractivity contribution in [2.45, 2.75) is 25.8 Å². The molecule has 1 saturated heterocycles. The van der Waals surface area contributed by atoms with Crippen LogP contribution >= 0.6 is 11.3 Å². The number of thiophene rings is 1. The van der Waals surface area contributed by atoms with E-state index in [2.05, 4.69) is 15.6 Å². The summed E-state index contributed by atoms with van der Waals surface area (Å²) in [6.45, 7) is 7.98. The zero-order valence-electron chi connectivity index (χ0n) is 10.5. The summed E-state index contributed by atoms with van der Waals surface area (Å²) in [5.74, 6) is 0.317. The van der Waals surface area contributed by atoms with Crippen LogP contribution in [0.1, 0.15) is 19.4 Å². The van der Waals surface area contributed by atoms with E-state index in [0.29, 0.717) is 12.2 Å². The van der Waals surface area contributed by atoms with Gasteiger partial charge in [0, 0.05) is 32.6 Å². The molecule has 0 bridgehead atoms. The molecule has 0 spiro atoms. The number of hydrogen-bond donors (Lipinski definition) is 1. The highest BCUT2D eigenvalue weighted by Crippen LogP contribution is 2.19. The second-order valence-corrected chi connectivity index (χ2v) is 5.81. The number of rotatable bonds is 4. The normalized spacial score (nSPS) is 18.2. The van der Waals surface area contributed by atoms with E-state index in [9.17, 15) is 4.79 Å². The molecule has 2 heterocycles. The second kappa shape index (κ2) is 5.29. The molecule has 3 nitrogen and oxygen atoms in total. The van der Waals surface area contributed by atoms with Crippen LogP contribution < -0.4 is 5.32 Å². The number of carbonyl (C=O) groups is 1. The van der Waals surface area contributed by atoms with Crippen molar-refractivity contribution in [3.8, 4) is 0 Å². The van der Waals surface area contributed by atoms with Crippen molar-refractivity contribution in [3.63, 3.8) is 0 Å². The lowest BCUT2D eigenvalue weighted by atomic mass is 9.92. The van der Waals surface area contributed by atoms with Crippen LogP contribution in [0.2, 0.25) is 0 Å². The molecule has 4 heteroatoms. The minimum absolute atomic E-state index is 0.317. The van der Waals surface area contributed by atoms with Gasteiger partial charge in [-0.3, -0.25) is 9.69 Å². The van der Waals surface area contributed by atoms with Crippen molar-refractivity contribution in [3.05, 3.63) is 22.4 Å². The van der Waals surface area contributed by atoms with Gasteiger partial charge in [0.15, 0.2) is 5.78 Å². The van der Waals surface area contributed by atoms with E-state index in [4.69, 9.17) is 0 Å². The SMILES string of the molecule is CC(C)(C(=O)Cc1ccsc1)N1CCNCC1. The number of Topliss-reactive ketones (excluding diaryl/α,β-unsaturated/α-hetero) is 1. The van der Waals surface area contributed by atoms with E-state index in [1.165, 1.54) is 0 Å². The van der Waals surface area contributed by atoms with Crippen molar-refractivity contribution in [2.75, 3.05) is 26.2 Å². The smallest absolute Gasteiger partial charge is 0.156 e. The highest BCUT2D eigenvalue weighted by Gasteiger charge is 2.34. The predicted molar refractivity (Wildman–Crippen MR) is 71.6 cm³/mol. The lowest BCUT2D eigenvalue weighted by molar-refractivity contribution is -0.129. The zero-order chi connectivity index (χ0) is 12.3. The summed E-state index contributed by atoms with van der Waals surface area (Å²) in [4.78, 5) is 14.7. The van der Waals surface area contributed by atoms with Crippen molar-refractivity contribution >= 4 is 17.1 Å². The Kier molecular flexibility index (Phi) is 3.97. The van der Waals surface area contributed by atoms with E-state index >= 15 is 0 Å². The fraction of sp³-hybridized carbons (Fsp3) is 0.615. The molecule has 0 saturated carbocycles. The summed E-state index contributed by atoms with van der Waals surface area (Å²) in [5.41, 5.74) is 0.799. The van der Waals surface area contributed by atoms with Gasteiger partial charge in [-0.1, -0.05) is 0 Å². The summed E-state index contributed by atoms with van der Waals surface area (Å²) in [7, 11) is 0. The minimum Gasteiger partial charge on any atom is -0.314 e. The third-order valence-corrected chi connectivity index (χ3v) is 4.27. The summed E-state index contributed by atoms with van der Waals surface area (Å²) >= 11 is 1.65. The molecule has 0 aliphatic carbocycles. The molecule has 1 aliphatic heterocycles. The van der Waals surface area contributed by atoms with Crippen molar-refractivity contribution < 1.29 is 4.79 Å². The lowest BCUT2D eigenvalue weighted by Crippen LogP contribution is -2.57. The van der Waals surface area contributed by atoms with Crippen LogP contribution in [0.4, 0.5) is 0 Å². The molecule has 0 aromatic carbocycles. The standard InChI is InChI=1S/C13H20N2OS/c1-13(2,15-6-4-14-5-7-15)12(16)9-11-3-8-17-10-11/h3,8,10,14H,4-7,9H2,1-2H3. The summed E-state index contributed by atoms with van der Waals surface area (Å²) in [6, 6.07) is 2.04. The van der Waals surface area contributed by atoms with Crippen molar-refractivity contribution in [1.29, 1.82) is 0 Å². The second-order valence-electron chi connectivity index (χ2n) is 5.03. The fourth-order valence-electron chi connectivity index (χ4n) is 2.20. The van der Waals surface area contributed by atoms with Gasteiger partial charge >= 0.3 is 0 Å². The monoisotopic (exact) mass is 252 g/mol. The number of hydrogen-bond acceptors (Lipinski definition) is 4. The van der Waals surface area contributed by atoms with Crippen LogP contribution in [0, 0.1) is 0 Å². The third-order valence-electron chi connectivity index (χ3n) is 3.53. The lowest BCUT2D eigenvalue weighted by Gasteiger charge is -2.40. The molecule has 1 aromatic rings. The van der Waals surface area contributed by atoms with Gasteiger partial charge in [0.25, 0.3) is 0 Å². The molecule has 0 atom stereocenters. The number of ketones is 1. The highest BCUT2D eigenvalue weighted by molar-refractivity contribution is 7.08. The molecule has 2 rings (SSSR count). The Morgan fingerprint density at radius 2 is 2.18 bits per heavy atom. The van der Waals surface area contributed by atoms with Crippen LogP contribution in [0.25, 0.3) is 0 Å². The average molecular weight is 252 g/mol. The molecular formula is C13H20N2OS. The number of nitrogens with one attached hydrogen (secondary N) is 1. The van der Waals surface area contributed by atoms with E-state index in [1.54, 1.807) is 11.3 Å². The Balaban J connectivity index is 2.00. The first-order chi connectivity index (χ1) is 8.10. The zero-order valence-corrected chi connectivity index (χ0v) is 11.3. The average Bonchev–Trinajstić information content (AvgIpc) is 2.83. The molecule has 1 aromatic heterocycles. The predicted octanol–water partition coefficient (Wildman–Crippen LogP) is 1.54. The molecule has 0 unspecified atom stereocenters. The quantitative estimate of drug-likeness (QED) is 0.882. The van der Waals surface area contributed by atoms with Crippen LogP contribution in [0.15, 0.2) is 16.8 Å². The van der Waals surface area contributed by atoms with E-state index < -0.39 is 0 Å². The maximum absolute atomic E-state index is 12.4. The molecule has 0 radical (unpaired) electrons. The largest absolute Gasteiger partial charge is 0.314 e. The van der Waals surface area contributed by atoms with Gasteiger partial charge in [-0.2, -0.15) is 11.3 Å². The van der Waals surface area contributed by atoms with Crippen LogP contribution in [0.5, 0.6) is 0 Å². The minimum atomic E-state index is -0.343. The fourth-order valence-corrected chi connectivity index (χ4v) is 2.86. The van der Waals surface area contributed by atoms with E-state index in [1.807, 2.05) is 25.3 Å². The molecule has 1 fully saturated rings. The molecule has 0 amide bonds. The highest BCUT2D eigenvalue weighted by atomic mass is 32.1.